The van der Waals surface area contributed by atoms with Gasteiger partial charge in [0.05, 0.1) is 25.1 Å². The number of nitrogens with one attached hydrogen (secondary N) is 1. The van der Waals surface area contributed by atoms with Crippen LogP contribution in [-0.2, 0) is 28.3 Å². The first-order valence-corrected chi connectivity index (χ1v) is 11.4. The van der Waals surface area contributed by atoms with Crippen molar-refractivity contribution in [2.45, 2.75) is 58.2 Å². The van der Waals surface area contributed by atoms with E-state index in [1.165, 1.54) is 7.11 Å². The molecule has 0 aromatic carbocycles. The molecule has 140 valence electrons. The van der Waals surface area contributed by atoms with Crippen molar-refractivity contribution >= 4 is 26.2 Å². The van der Waals surface area contributed by atoms with Crippen molar-refractivity contribution in [1.29, 1.82) is 5.26 Å². The van der Waals surface area contributed by atoms with Crippen LogP contribution in [0.5, 0.6) is 0 Å². The SMILES string of the molecule is COC(=O)[C@@H]1[C@@H](NC(=O)C(=O)OC(C)(C)C)[C@H]1[C@H](C#N)O[Si](C)(C)C. The van der Waals surface area contributed by atoms with Gasteiger partial charge in [0, 0.05) is 5.92 Å². The first-order chi connectivity index (χ1) is 11.3. The number of amides is 1. The fourth-order valence-corrected chi connectivity index (χ4v) is 3.42. The van der Waals surface area contributed by atoms with Crippen molar-refractivity contribution in [2.75, 3.05) is 7.11 Å². The minimum atomic E-state index is -2.04. The second-order valence-electron chi connectivity index (χ2n) is 7.91. The van der Waals surface area contributed by atoms with Crippen LogP contribution in [0, 0.1) is 23.2 Å². The molecule has 1 saturated carbocycles. The molecular weight excluding hydrogens is 344 g/mol. The van der Waals surface area contributed by atoms with Crippen LogP contribution in [0.25, 0.3) is 0 Å². The van der Waals surface area contributed by atoms with Crippen molar-refractivity contribution in [3.63, 3.8) is 0 Å². The highest BCUT2D eigenvalue weighted by Crippen LogP contribution is 2.44. The lowest BCUT2D eigenvalue weighted by atomic mass is 10.2. The summed E-state index contributed by atoms with van der Waals surface area (Å²) in [6.45, 7) is 10.7. The molecule has 1 aliphatic carbocycles. The Kier molecular flexibility index (Phi) is 6.37. The van der Waals surface area contributed by atoms with E-state index in [-0.39, 0.29) is 0 Å². The summed E-state index contributed by atoms with van der Waals surface area (Å²) in [4.78, 5) is 35.7. The van der Waals surface area contributed by atoms with Gasteiger partial charge in [-0.1, -0.05) is 0 Å². The molecule has 8 nitrogen and oxygen atoms in total. The Morgan fingerprint density at radius 1 is 1.20 bits per heavy atom. The molecule has 1 fully saturated rings. The largest absolute Gasteiger partial charge is 0.469 e. The predicted octanol–water partition coefficient (Wildman–Crippen LogP) is 0.976. The minimum Gasteiger partial charge on any atom is -0.469 e. The molecule has 0 spiro atoms. The lowest BCUT2D eigenvalue weighted by Crippen LogP contribution is -2.40. The van der Waals surface area contributed by atoms with Crippen LogP contribution in [0.4, 0.5) is 0 Å². The molecule has 0 heterocycles. The van der Waals surface area contributed by atoms with Crippen LogP contribution >= 0.6 is 0 Å². The molecule has 4 atom stereocenters. The number of nitriles is 1. The first-order valence-electron chi connectivity index (χ1n) is 8.00. The Labute approximate surface area is 148 Å². The molecular formula is C16H26N2O6Si. The predicted molar refractivity (Wildman–Crippen MR) is 90.6 cm³/mol. The summed E-state index contributed by atoms with van der Waals surface area (Å²) in [5.41, 5.74) is -0.810. The molecule has 0 aliphatic heterocycles. The Morgan fingerprint density at radius 2 is 1.76 bits per heavy atom. The molecule has 0 radical (unpaired) electrons. The summed E-state index contributed by atoms with van der Waals surface area (Å²) in [7, 11) is -0.813. The average molecular weight is 370 g/mol. The third-order valence-corrected chi connectivity index (χ3v) is 4.35. The monoisotopic (exact) mass is 370 g/mol. The van der Waals surface area contributed by atoms with Gasteiger partial charge in [-0.05, 0) is 40.4 Å². The number of carbonyl (C=O) groups excluding carboxylic acids is 3. The van der Waals surface area contributed by atoms with Gasteiger partial charge >= 0.3 is 17.8 Å². The number of rotatable bonds is 5. The van der Waals surface area contributed by atoms with Crippen molar-refractivity contribution in [1.82, 2.24) is 5.32 Å². The fourth-order valence-electron chi connectivity index (χ4n) is 2.44. The van der Waals surface area contributed by atoms with E-state index in [4.69, 9.17) is 13.9 Å². The van der Waals surface area contributed by atoms with Crippen molar-refractivity contribution < 1.29 is 28.3 Å². The molecule has 0 saturated heterocycles. The molecule has 1 rings (SSSR count). The molecule has 0 aromatic rings. The Balaban J connectivity index is 2.85. The zero-order valence-corrected chi connectivity index (χ0v) is 16.7. The van der Waals surface area contributed by atoms with Crippen LogP contribution in [0.2, 0.25) is 19.6 Å². The van der Waals surface area contributed by atoms with Gasteiger partial charge in [0.15, 0.2) is 8.32 Å². The van der Waals surface area contributed by atoms with E-state index in [1.807, 2.05) is 25.7 Å². The normalized spacial score (nSPS) is 23.8. The van der Waals surface area contributed by atoms with Crippen LogP contribution in [0.15, 0.2) is 0 Å². The Bertz CT molecular complexity index is 587. The van der Waals surface area contributed by atoms with Gasteiger partial charge in [0.25, 0.3) is 0 Å². The summed E-state index contributed by atoms with van der Waals surface area (Å²) in [5.74, 6) is -3.84. The van der Waals surface area contributed by atoms with Crippen LogP contribution in [0.3, 0.4) is 0 Å². The standard InChI is InChI=1S/C16H26N2O6Si/c1-16(2,3)23-15(21)13(19)18-12-10(11(12)14(20)22-4)9(8-17)24-25(5,6)7/h9-12H,1-7H3,(H,18,19)/t9-,10-,11-,12-/m0/s1. The molecule has 1 amide bonds. The third kappa shape index (κ3) is 6.14. The molecule has 1 aliphatic rings. The summed E-state index contributed by atoms with van der Waals surface area (Å²) >= 11 is 0. The number of carbonyl (C=O) groups is 3. The summed E-state index contributed by atoms with van der Waals surface area (Å²) in [5, 5.41) is 11.8. The number of methoxy groups -OCH3 is 1. The Morgan fingerprint density at radius 3 is 2.16 bits per heavy atom. The summed E-state index contributed by atoms with van der Waals surface area (Å²) in [6, 6.07) is 1.34. The van der Waals surface area contributed by atoms with E-state index in [0.29, 0.717) is 0 Å². The van der Waals surface area contributed by atoms with Gasteiger partial charge in [0.1, 0.15) is 11.7 Å². The van der Waals surface area contributed by atoms with Crippen molar-refractivity contribution in [3.8, 4) is 6.07 Å². The molecule has 0 aromatic heterocycles. The van der Waals surface area contributed by atoms with Gasteiger partial charge in [-0.3, -0.25) is 9.59 Å². The number of hydrogen-bond donors (Lipinski definition) is 1. The highest BCUT2D eigenvalue weighted by atomic mass is 28.4. The van der Waals surface area contributed by atoms with E-state index in [9.17, 15) is 19.6 Å². The highest BCUT2D eigenvalue weighted by molar-refractivity contribution is 6.69. The zero-order valence-electron chi connectivity index (χ0n) is 15.7. The smallest absolute Gasteiger partial charge is 0.397 e. The maximum Gasteiger partial charge on any atom is 0.397 e. The fraction of sp³-hybridized carbons (Fsp3) is 0.750. The van der Waals surface area contributed by atoms with Crippen LogP contribution in [-0.4, -0.2) is 51.0 Å². The van der Waals surface area contributed by atoms with Gasteiger partial charge in [-0.25, -0.2) is 4.79 Å². The van der Waals surface area contributed by atoms with Crippen molar-refractivity contribution in [3.05, 3.63) is 0 Å². The van der Waals surface area contributed by atoms with E-state index in [0.717, 1.165) is 0 Å². The number of hydrogen-bond acceptors (Lipinski definition) is 7. The van der Waals surface area contributed by atoms with Gasteiger partial charge in [-0.2, -0.15) is 5.26 Å². The zero-order chi connectivity index (χ0) is 19.6. The maximum absolute atomic E-state index is 12.0. The second kappa shape index (κ2) is 7.54. The number of nitrogens with zero attached hydrogens (tertiary/aromatic N) is 1. The molecule has 0 unspecified atom stereocenters. The lowest BCUT2D eigenvalue weighted by molar-refractivity contribution is -0.163. The minimum absolute atomic E-state index is 0.557. The first kappa shape index (κ1) is 21.1. The van der Waals surface area contributed by atoms with E-state index < -0.39 is 55.7 Å². The van der Waals surface area contributed by atoms with E-state index in [2.05, 4.69) is 5.32 Å². The van der Waals surface area contributed by atoms with Gasteiger partial charge in [-0.15, -0.1) is 0 Å². The van der Waals surface area contributed by atoms with Crippen LogP contribution in [0.1, 0.15) is 20.8 Å². The topological polar surface area (TPSA) is 115 Å². The molecule has 1 N–H and O–H groups in total. The Hall–Kier alpha value is -1.92. The molecule has 25 heavy (non-hydrogen) atoms. The van der Waals surface area contributed by atoms with Gasteiger partial charge in [0.2, 0.25) is 0 Å². The number of esters is 2. The summed E-state index contributed by atoms with van der Waals surface area (Å²) < 4.78 is 15.5. The van der Waals surface area contributed by atoms with Crippen LogP contribution < -0.4 is 5.32 Å². The van der Waals surface area contributed by atoms with Gasteiger partial charge < -0.3 is 19.2 Å². The second-order valence-corrected chi connectivity index (χ2v) is 12.4. The van der Waals surface area contributed by atoms with E-state index in [1.54, 1.807) is 20.8 Å². The van der Waals surface area contributed by atoms with Crippen molar-refractivity contribution in [2.24, 2.45) is 11.8 Å². The maximum atomic E-state index is 12.0. The molecule has 0 bridgehead atoms. The summed E-state index contributed by atoms with van der Waals surface area (Å²) in [6.07, 6.45) is -0.861. The highest BCUT2D eigenvalue weighted by Gasteiger charge is 2.61. The van der Waals surface area contributed by atoms with E-state index >= 15 is 0 Å². The number of ether oxygens (including phenoxy) is 2. The molecule has 9 heteroatoms. The average Bonchev–Trinajstić information content (AvgIpc) is 3.14. The lowest BCUT2D eigenvalue weighted by Gasteiger charge is -2.22. The third-order valence-electron chi connectivity index (χ3n) is 3.39. The quantitative estimate of drug-likeness (QED) is 0.436.